The number of rotatable bonds is 6. The summed E-state index contributed by atoms with van der Waals surface area (Å²) in [5.74, 6) is 0.0895. The summed E-state index contributed by atoms with van der Waals surface area (Å²) >= 11 is 0. The molecule has 2 aromatic carbocycles. The number of phenolic OH excluding ortho intramolecular Hbond substituents is 1. The molecule has 10 unspecified atom stereocenters. The fourth-order valence-corrected chi connectivity index (χ4v) is 4.65. The van der Waals surface area contributed by atoms with Crippen molar-refractivity contribution < 1.29 is 55.4 Å². The lowest BCUT2D eigenvalue weighted by Gasteiger charge is -2.39. The molecule has 0 bridgehead atoms. The van der Waals surface area contributed by atoms with E-state index in [1.165, 1.54) is 24.3 Å². The van der Waals surface area contributed by atoms with E-state index in [1.54, 1.807) is 12.1 Å². The smallest absolute Gasteiger partial charge is 0.128 e. The molecule has 4 rings (SSSR count). The molecule has 10 atom stereocenters. The van der Waals surface area contributed by atoms with E-state index in [0.717, 1.165) is 5.56 Å². The molecule has 0 radical (unpaired) electrons. The molecule has 212 valence electrons. The molecule has 2 aromatic rings. The predicted molar refractivity (Wildman–Crippen MR) is 135 cm³/mol. The van der Waals surface area contributed by atoms with Crippen molar-refractivity contribution >= 4 is 0 Å². The number of aromatic hydroxyl groups is 1. The second kappa shape index (κ2) is 13.5. The molecule has 2 fully saturated rings. The third kappa shape index (κ3) is 7.33. The van der Waals surface area contributed by atoms with Gasteiger partial charge in [-0.05, 0) is 56.2 Å². The lowest BCUT2D eigenvalue weighted by atomic mass is 9.81. The lowest BCUT2D eigenvalue weighted by molar-refractivity contribution is -0.156. The number of hydrogen-bond acceptors (Lipinski definition) is 11. The molecule has 0 heterocycles. The zero-order valence-corrected chi connectivity index (χ0v) is 21.1. The number of hydrogen-bond donors (Lipinski definition) is 9. The predicted octanol–water partition coefficient (Wildman–Crippen LogP) is -0.928. The number of benzene rings is 2. The van der Waals surface area contributed by atoms with Gasteiger partial charge in [0.1, 0.15) is 53.9 Å². The van der Waals surface area contributed by atoms with Crippen molar-refractivity contribution in [3.8, 4) is 17.2 Å². The van der Waals surface area contributed by atoms with Gasteiger partial charge in [-0.2, -0.15) is 0 Å². The summed E-state index contributed by atoms with van der Waals surface area (Å²) in [7, 11) is 0. The Bertz CT molecular complexity index is 886. The van der Waals surface area contributed by atoms with Gasteiger partial charge in [-0.1, -0.05) is 17.7 Å². The Kier molecular flexibility index (Phi) is 10.7. The van der Waals surface area contributed by atoms with Crippen molar-refractivity contribution in [2.45, 2.75) is 68.6 Å². The highest BCUT2D eigenvalue weighted by molar-refractivity contribution is 5.30. The third-order valence-electron chi connectivity index (χ3n) is 7.10. The summed E-state index contributed by atoms with van der Waals surface area (Å²) in [5.41, 5.74) is 1.10. The average Bonchev–Trinajstić information content (AvgIpc) is 2.92. The molecule has 2 aliphatic rings. The van der Waals surface area contributed by atoms with Gasteiger partial charge >= 0.3 is 0 Å². The van der Waals surface area contributed by atoms with Crippen LogP contribution >= 0.6 is 0 Å². The van der Waals surface area contributed by atoms with Crippen LogP contribution in [0.3, 0.4) is 0 Å². The first-order valence-corrected chi connectivity index (χ1v) is 12.5. The van der Waals surface area contributed by atoms with E-state index >= 15 is 0 Å². The van der Waals surface area contributed by atoms with Gasteiger partial charge in [0.25, 0.3) is 0 Å². The zero-order chi connectivity index (χ0) is 28.0. The number of aliphatic hydroxyl groups excluding tert-OH is 8. The Labute approximate surface area is 220 Å². The second-order valence-electron chi connectivity index (χ2n) is 9.92. The normalized spacial score (nSPS) is 35.1. The summed E-state index contributed by atoms with van der Waals surface area (Å²) in [6, 6.07) is 13.3. The van der Waals surface area contributed by atoms with Gasteiger partial charge < -0.3 is 55.4 Å². The van der Waals surface area contributed by atoms with Gasteiger partial charge in [-0.25, -0.2) is 0 Å². The number of ether oxygens (including phenoxy) is 2. The van der Waals surface area contributed by atoms with Gasteiger partial charge in [0.05, 0.1) is 12.2 Å². The summed E-state index contributed by atoms with van der Waals surface area (Å²) < 4.78 is 11.2. The maximum atomic E-state index is 9.92. The first-order chi connectivity index (χ1) is 18.0. The highest BCUT2D eigenvalue weighted by Gasteiger charge is 2.44. The fraction of sp³-hybridized carbons (Fsp3) is 0.556. The van der Waals surface area contributed by atoms with Crippen LogP contribution in [0.4, 0.5) is 0 Å². The Balaban J connectivity index is 0.000000211. The molecule has 0 saturated heterocycles. The molecular formula is C27H38O11. The molecular weight excluding hydrogens is 500 g/mol. The Morgan fingerprint density at radius 2 is 0.947 bits per heavy atom. The molecule has 0 aromatic heterocycles. The Morgan fingerprint density at radius 3 is 1.32 bits per heavy atom. The van der Waals surface area contributed by atoms with Crippen LogP contribution in [0, 0.1) is 18.8 Å². The standard InChI is InChI=1S/C14H20O5.C13H18O6/c1-8-2-4-10(5-3-8)19-11-6-9(7-15)12(16)14(18)13(11)17;14-6-7-5-10(12(17)13(18)11(7)16)19-9-3-1-8(15)2-4-9/h2-5,9,11-18H,6-7H2,1H3;1-4,7,10-18H,5-6H2. The van der Waals surface area contributed by atoms with Gasteiger partial charge in [0.15, 0.2) is 0 Å². The summed E-state index contributed by atoms with van der Waals surface area (Å²) in [4.78, 5) is 0. The maximum Gasteiger partial charge on any atom is 0.128 e. The summed E-state index contributed by atoms with van der Waals surface area (Å²) in [5, 5.41) is 86.1. The van der Waals surface area contributed by atoms with Crippen LogP contribution in [-0.4, -0.2) is 108 Å². The van der Waals surface area contributed by atoms with Crippen LogP contribution in [0.25, 0.3) is 0 Å². The van der Waals surface area contributed by atoms with E-state index in [1.807, 2.05) is 19.1 Å². The third-order valence-corrected chi connectivity index (χ3v) is 7.10. The fourth-order valence-electron chi connectivity index (χ4n) is 4.65. The molecule has 2 aliphatic carbocycles. The highest BCUT2D eigenvalue weighted by atomic mass is 16.5. The molecule has 0 spiro atoms. The second-order valence-corrected chi connectivity index (χ2v) is 9.92. The molecule has 11 heteroatoms. The van der Waals surface area contributed by atoms with Gasteiger partial charge in [0.2, 0.25) is 0 Å². The average molecular weight is 539 g/mol. The van der Waals surface area contributed by atoms with Crippen LogP contribution in [0.5, 0.6) is 17.2 Å². The van der Waals surface area contributed by atoms with E-state index in [0.29, 0.717) is 17.9 Å². The van der Waals surface area contributed by atoms with Crippen molar-refractivity contribution in [3.63, 3.8) is 0 Å². The lowest BCUT2D eigenvalue weighted by Crippen LogP contribution is -2.56. The zero-order valence-electron chi connectivity index (χ0n) is 21.1. The SMILES string of the molecule is Cc1ccc(OC2CC(CO)C(O)C(O)C2O)cc1.OCC1CC(Oc2ccc(O)cc2)C(O)C(O)C1O. The number of aryl methyl sites for hydroxylation is 1. The van der Waals surface area contributed by atoms with Crippen molar-refractivity contribution in [2.75, 3.05) is 13.2 Å². The summed E-state index contributed by atoms with van der Waals surface area (Å²) in [6.07, 6.45) is -8.18. The van der Waals surface area contributed by atoms with Crippen LogP contribution in [-0.2, 0) is 0 Å². The van der Waals surface area contributed by atoms with Crippen molar-refractivity contribution in [2.24, 2.45) is 11.8 Å². The largest absolute Gasteiger partial charge is 0.508 e. The van der Waals surface area contributed by atoms with Crippen molar-refractivity contribution in [1.82, 2.24) is 0 Å². The van der Waals surface area contributed by atoms with Crippen LogP contribution < -0.4 is 9.47 Å². The van der Waals surface area contributed by atoms with Crippen molar-refractivity contribution in [1.29, 1.82) is 0 Å². The topological polar surface area (TPSA) is 201 Å². The monoisotopic (exact) mass is 538 g/mol. The van der Waals surface area contributed by atoms with E-state index in [-0.39, 0.29) is 25.4 Å². The van der Waals surface area contributed by atoms with E-state index < -0.39 is 60.7 Å². The van der Waals surface area contributed by atoms with Gasteiger partial charge in [0, 0.05) is 25.0 Å². The first kappa shape index (κ1) is 30.1. The molecule has 0 aliphatic heterocycles. The minimum atomic E-state index is -1.35. The summed E-state index contributed by atoms with van der Waals surface area (Å²) in [6.45, 7) is 1.42. The van der Waals surface area contributed by atoms with Crippen molar-refractivity contribution in [3.05, 3.63) is 54.1 Å². The Morgan fingerprint density at radius 1 is 0.579 bits per heavy atom. The molecule has 0 amide bonds. The molecule has 9 N–H and O–H groups in total. The number of aliphatic hydroxyl groups is 8. The number of phenols is 1. The van der Waals surface area contributed by atoms with E-state index in [9.17, 15) is 35.7 Å². The Hall–Kier alpha value is -2.48. The van der Waals surface area contributed by atoms with E-state index in [4.69, 9.17) is 19.7 Å². The van der Waals surface area contributed by atoms with Crippen LogP contribution in [0.1, 0.15) is 18.4 Å². The highest BCUT2D eigenvalue weighted by Crippen LogP contribution is 2.30. The minimum absolute atomic E-state index is 0.0974. The van der Waals surface area contributed by atoms with Gasteiger partial charge in [-0.15, -0.1) is 0 Å². The maximum absolute atomic E-state index is 9.92. The first-order valence-electron chi connectivity index (χ1n) is 12.5. The van der Waals surface area contributed by atoms with Crippen LogP contribution in [0.2, 0.25) is 0 Å². The molecule has 2 saturated carbocycles. The minimum Gasteiger partial charge on any atom is -0.508 e. The van der Waals surface area contributed by atoms with E-state index in [2.05, 4.69) is 0 Å². The van der Waals surface area contributed by atoms with Crippen LogP contribution in [0.15, 0.2) is 48.5 Å². The van der Waals surface area contributed by atoms with Gasteiger partial charge in [-0.3, -0.25) is 0 Å². The molecule has 38 heavy (non-hydrogen) atoms. The quantitative estimate of drug-likeness (QED) is 0.220. The molecule has 11 nitrogen and oxygen atoms in total.